The molecule has 0 aliphatic carbocycles. The second kappa shape index (κ2) is 5.36. The van der Waals surface area contributed by atoms with E-state index in [4.69, 9.17) is 0 Å². The molecule has 3 heterocycles. The monoisotopic (exact) mass is 274 g/mol. The maximum absolute atomic E-state index is 4.51. The number of anilines is 1. The van der Waals surface area contributed by atoms with E-state index >= 15 is 0 Å². The smallest absolute Gasteiger partial charge is 0.200 e. The quantitative estimate of drug-likeness (QED) is 0.842. The molecule has 3 rings (SSSR count). The van der Waals surface area contributed by atoms with Gasteiger partial charge >= 0.3 is 0 Å². The lowest BCUT2D eigenvalue weighted by molar-refractivity contribution is 0.250. The van der Waals surface area contributed by atoms with Gasteiger partial charge in [-0.05, 0) is 39.4 Å². The maximum atomic E-state index is 4.51. The van der Waals surface area contributed by atoms with E-state index in [1.54, 1.807) is 10.8 Å². The normalized spacial score (nSPS) is 17.3. The van der Waals surface area contributed by atoms with Gasteiger partial charge in [-0.3, -0.25) is 0 Å². The Labute approximate surface area is 119 Å². The zero-order valence-electron chi connectivity index (χ0n) is 12.5. The van der Waals surface area contributed by atoms with Crippen molar-refractivity contribution in [2.75, 3.05) is 32.1 Å². The van der Waals surface area contributed by atoms with Gasteiger partial charge in [0, 0.05) is 19.1 Å². The minimum absolute atomic E-state index is 0.688. The fourth-order valence-electron chi connectivity index (χ4n) is 2.89. The Hall–Kier alpha value is -1.69. The number of aromatic nitrogens is 4. The lowest BCUT2D eigenvalue weighted by atomic mass is 10.0. The molecule has 1 aliphatic heterocycles. The summed E-state index contributed by atoms with van der Waals surface area (Å²) in [6, 6.07) is 2.85. The molecule has 0 unspecified atom stereocenters. The predicted molar refractivity (Wildman–Crippen MR) is 79.1 cm³/mol. The molecular formula is C14H22N6. The van der Waals surface area contributed by atoms with Gasteiger partial charge in [0.15, 0.2) is 0 Å². The van der Waals surface area contributed by atoms with Crippen LogP contribution in [0.15, 0.2) is 12.4 Å². The van der Waals surface area contributed by atoms with E-state index in [0.717, 1.165) is 30.9 Å². The Morgan fingerprint density at radius 3 is 2.70 bits per heavy atom. The number of hydrogen-bond donors (Lipinski definition) is 0. The van der Waals surface area contributed by atoms with Crippen molar-refractivity contribution in [1.29, 1.82) is 0 Å². The van der Waals surface area contributed by atoms with Crippen molar-refractivity contribution < 1.29 is 0 Å². The topological polar surface area (TPSA) is 49.6 Å². The van der Waals surface area contributed by atoms with Crippen LogP contribution in [0.5, 0.6) is 0 Å². The second-order valence-electron chi connectivity index (χ2n) is 5.66. The summed E-state index contributed by atoms with van der Waals surface area (Å²) >= 11 is 0. The highest BCUT2D eigenvalue weighted by molar-refractivity contribution is 5.68. The molecule has 2 aromatic heterocycles. The molecule has 0 atom stereocenters. The molecule has 6 nitrogen and oxygen atoms in total. The average Bonchev–Trinajstić information content (AvgIpc) is 2.94. The SMILES string of the molecule is CCc1cc(N2CCC(N(C)C)CC2)c2nncn2n1. The lowest BCUT2D eigenvalue weighted by Crippen LogP contribution is -2.42. The van der Waals surface area contributed by atoms with E-state index in [2.05, 4.69) is 52.2 Å². The zero-order valence-corrected chi connectivity index (χ0v) is 12.5. The summed E-state index contributed by atoms with van der Waals surface area (Å²) in [4.78, 5) is 4.75. The minimum Gasteiger partial charge on any atom is -0.368 e. The third-order valence-electron chi connectivity index (χ3n) is 4.20. The summed E-state index contributed by atoms with van der Waals surface area (Å²) in [6.45, 7) is 4.26. The van der Waals surface area contributed by atoms with Crippen LogP contribution in [0.4, 0.5) is 5.69 Å². The summed E-state index contributed by atoms with van der Waals surface area (Å²) in [5.41, 5.74) is 3.12. The van der Waals surface area contributed by atoms with Crippen LogP contribution in [0.1, 0.15) is 25.5 Å². The number of rotatable bonds is 3. The van der Waals surface area contributed by atoms with E-state index in [-0.39, 0.29) is 0 Å². The Balaban J connectivity index is 1.88. The molecule has 0 saturated carbocycles. The third-order valence-corrected chi connectivity index (χ3v) is 4.20. The van der Waals surface area contributed by atoms with Gasteiger partial charge in [0.1, 0.15) is 6.33 Å². The van der Waals surface area contributed by atoms with Crippen LogP contribution >= 0.6 is 0 Å². The lowest BCUT2D eigenvalue weighted by Gasteiger charge is -2.36. The van der Waals surface area contributed by atoms with Crippen molar-refractivity contribution in [2.45, 2.75) is 32.2 Å². The second-order valence-corrected chi connectivity index (χ2v) is 5.66. The largest absolute Gasteiger partial charge is 0.368 e. The molecular weight excluding hydrogens is 252 g/mol. The Morgan fingerprint density at radius 1 is 1.30 bits per heavy atom. The highest BCUT2D eigenvalue weighted by atomic mass is 15.4. The Kier molecular flexibility index (Phi) is 3.56. The number of aryl methyl sites for hydroxylation is 1. The van der Waals surface area contributed by atoms with Gasteiger partial charge in [0.05, 0.1) is 11.4 Å². The molecule has 20 heavy (non-hydrogen) atoms. The van der Waals surface area contributed by atoms with Gasteiger partial charge in [-0.15, -0.1) is 10.2 Å². The zero-order chi connectivity index (χ0) is 14.1. The van der Waals surface area contributed by atoms with Crippen LogP contribution in [-0.4, -0.2) is 57.9 Å². The first kappa shape index (κ1) is 13.3. The number of nitrogens with zero attached hydrogens (tertiary/aromatic N) is 6. The van der Waals surface area contributed by atoms with Crippen LogP contribution in [0.25, 0.3) is 5.65 Å². The molecule has 0 bridgehead atoms. The number of hydrogen-bond acceptors (Lipinski definition) is 5. The highest BCUT2D eigenvalue weighted by Crippen LogP contribution is 2.25. The Bertz CT molecular complexity index is 582. The molecule has 1 saturated heterocycles. The summed E-state index contributed by atoms with van der Waals surface area (Å²) in [5.74, 6) is 0. The van der Waals surface area contributed by atoms with E-state index in [9.17, 15) is 0 Å². The summed E-state index contributed by atoms with van der Waals surface area (Å²) < 4.78 is 1.80. The van der Waals surface area contributed by atoms with Crippen molar-refractivity contribution in [3.63, 3.8) is 0 Å². The first-order valence-corrected chi connectivity index (χ1v) is 7.30. The molecule has 1 fully saturated rings. The molecule has 0 aromatic carbocycles. The number of fused-ring (bicyclic) bond motifs is 1. The average molecular weight is 274 g/mol. The molecule has 0 N–H and O–H groups in total. The van der Waals surface area contributed by atoms with Gasteiger partial charge in [-0.2, -0.15) is 9.61 Å². The van der Waals surface area contributed by atoms with Gasteiger partial charge in [-0.1, -0.05) is 6.92 Å². The molecule has 6 heteroatoms. The van der Waals surface area contributed by atoms with E-state index in [1.165, 1.54) is 18.5 Å². The standard InChI is InChI=1S/C14H22N6/c1-4-11-9-13(14-16-15-10-20(14)17-11)19-7-5-12(6-8-19)18(2)3/h9-10,12H,4-8H2,1-3H3. The summed E-state index contributed by atoms with van der Waals surface area (Å²) in [5, 5.41) is 12.7. The van der Waals surface area contributed by atoms with Crippen molar-refractivity contribution in [2.24, 2.45) is 0 Å². The molecule has 1 aliphatic rings. The van der Waals surface area contributed by atoms with Gasteiger partial charge in [0.2, 0.25) is 5.65 Å². The van der Waals surface area contributed by atoms with Crippen LogP contribution < -0.4 is 4.90 Å². The summed E-state index contributed by atoms with van der Waals surface area (Å²) in [6.07, 6.45) is 4.99. The molecule has 0 amide bonds. The van der Waals surface area contributed by atoms with Crippen LogP contribution in [0.2, 0.25) is 0 Å². The summed E-state index contributed by atoms with van der Waals surface area (Å²) in [7, 11) is 4.33. The van der Waals surface area contributed by atoms with Crippen LogP contribution in [-0.2, 0) is 6.42 Å². The van der Waals surface area contributed by atoms with Crippen molar-refractivity contribution >= 4 is 11.3 Å². The molecule has 0 spiro atoms. The van der Waals surface area contributed by atoms with Gasteiger partial charge in [0.25, 0.3) is 0 Å². The van der Waals surface area contributed by atoms with Crippen molar-refractivity contribution in [1.82, 2.24) is 24.7 Å². The van der Waals surface area contributed by atoms with Crippen LogP contribution in [0, 0.1) is 0 Å². The molecule has 0 radical (unpaired) electrons. The maximum Gasteiger partial charge on any atom is 0.200 e. The fraction of sp³-hybridized carbons (Fsp3) is 0.643. The predicted octanol–water partition coefficient (Wildman–Crippen LogP) is 1.22. The first-order chi connectivity index (χ1) is 9.69. The molecule has 108 valence electrons. The molecule has 2 aromatic rings. The van der Waals surface area contributed by atoms with Gasteiger partial charge < -0.3 is 9.80 Å². The number of piperidine rings is 1. The van der Waals surface area contributed by atoms with Crippen LogP contribution in [0.3, 0.4) is 0 Å². The van der Waals surface area contributed by atoms with E-state index < -0.39 is 0 Å². The first-order valence-electron chi connectivity index (χ1n) is 7.30. The highest BCUT2D eigenvalue weighted by Gasteiger charge is 2.23. The van der Waals surface area contributed by atoms with E-state index in [1.807, 2.05) is 0 Å². The van der Waals surface area contributed by atoms with Crippen molar-refractivity contribution in [3.05, 3.63) is 18.1 Å². The fourth-order valence-corrected chi connectivity index (χ4v) is 2.89. The van der Waals surface area contributed by atoms with Gasteiger partial charge in [-0.25, -0.2) is 0 Å². The Morgan fingerprint density at radius 2 is 2.05 bits per heavy atom. The van der Waals surface area contributed by atoms with Crippen molar-refractivity contribution in [3.8, 4) is 0 Å². The minimum atomic E-state index is 0.688. The third kappa shape index (κ3) is 2.35. The van der Waals surface area contributed by atoms with E-state index in [0.29, 0.717) is 6.04 Å².